The Morgan fingerprint density at radius 2 is 1.87 bits per heavy atom. The zero-order chi connectivity index (χ0) is 16.5. The molecule has 0 saturated heterocycles. The summed E-state index contributed by atoms with van der Waals surface area (Å²) in [5.41, 5.74) is 2.37. The molecular formula is C18H25N5. The molecule has 1 heterocycles. The summed E-state index contributed by atoms with van der Waals surface area (Å²) in [6.07, 6.45) is 1.82. The Balaban J connectivity index is 1.99. The molecule has 5 heteroatoms. The maximum absolute atomic E-state index is 4.65. The number of nitrogens with zero attached hydrogens (tertiary/aromatic N) is 3. The van der Waals surface area contributed by atoms with Crippen LogP contribution in [0.2, 0.25) is 0 Å². The van der Waals surface area contributed by atoms with Gasteiger partial charge < -0.3 is 15.5 Å². The number of rotatable bonds is 6. The summed E-state index contributed by atoms with van der Waals surface area (Å²) in [6, 6.07) is 14.4. The number of hydrogen-bond acceptors (Lipinski definition) is 3. The quantitative estimate of drug-likeness (QED) is 0.635. The average molecular weight is 311 g/mol. The first kappa shape index (κ1) is 16.8. The van der Waals surface area contributed by atoms with Crippen LogP contribution >= 0.6 is 0 Å². The van der Waals surface area contributed by atoms with Gasteiger partial charge in [-0.3, -0.25) is 0 Å². The van der Waals surface area contributed by atoms with Gasteiger partial charge in [-0.15, -0.1) is 0 Å². The van der Waals surface area contributed by atoms with Crippen molar-refractivity contribution in [2.45, 2.75) is 20.0 Å². The summed E-state index contributed by atoms with van der Waals surface area (Å²) in [6.45, 7) is 4.27. The van der Waals surface area contributed by atoms with E-state index in [1.54, 1.807) is 0 Å². The highest BCUT2D eigenvalue weighted by Crippen LogP contribution is 2.10. The van der Waals surface area contributed by atoms with Crippen molar-refractivity contribution in [1.82, 2.24) is 15.6 Å². The molecule has 5 nitrogen and oxygen atoms in total. The Bertz CT molecular complexity index is 622. The van der Waals surface area contributed by atoms with E-state index in [2.05, 4.69) is 45.7 Å². The Morgan fingerprint density at radius 1 is 1.09 bits per heavy atom. The van der Waals surface area contributed by atoms with Crippen LogP contribution in [-0.2, 0) is 13.1 Å². The normalized spacial score (nSPS) is 11.2. The summed E-state index contributed by atoms with van der Waals surface area (Å²) in [7, 11) is 3.97. The third-order valence-corrected chi connectivity index (χ3v) is 3.33. The van der Waals surface area contributed by atoms with Crippen LogP contribution < -0.4 is 15.5 Å². The fourth-order valence-corrected chi connectivity index (χ4v) is 2.10. The topological polar surface area (TPSA) is 52.6 Å². The number of anilines is 1. The zero-order valence-electron chi connectivity index (χ0n) is 14.1. The molecule has 1 aromatic carbocycles. The number of benzene rings is 1. The number of hydrogen-bond donors (Lipinski definition) is 2. The van der Waals surface area contributed by atoms with Gasteiger partial charge in [0.25, 0.3) is 0 Å². The van der Waals surface area contributed by atoms with E-state index >= 15 is 0 Å². The predicted octanol–water partition coefficient (Wildman–Crippen LogP) is 2.40. The summed E-state index contributed by atoms with van der Waals surface area (Å²) in [5.74, 6) is 1.76. The summed E-state index contributed by atoms with van der Waals surface area (Å²) >= 11 is 0. The molecule has 23 heavy (non-hydrogen) atoms. The Kier molecular flexibility index (Phi) is 6.41. The summed E-state index contributed by atoms with van der Waals surface area (Å²) < 4.78 is 0. The standard InChI is InChI=1S/C18H25N5/c1-4-19-18(21-13-15-8-6-5-7-9-15)22-14-16-10-11-20-17(12-16)23(2)3/h5-12H,4,13-14H2,1-3H3,(H2,19,21,22). The SMILES string of the molecule is CCNC(=NCc1ccnc(N(C)C)c1)NCc1ccccc1. The molecule has 0 atom stereocenters. The highest BCUT2D eigenvalue weighted by molar-refractivity contribution is 5.79. The van der Waals surface area contributed by atoms with Gasteiger partial charge in [0.2, 0.25) is 0 Å². The van der Waals surface area contributed by atoms with Crippen molar-refractivity contribution >= 4 is 11.8 Å². The molecule has 2 N–H and O–H groups in total. The van der Waals surface area contributed by atoms with Crippen molar-refractivity contribution in [1.29, 1.82) is 0 Å². The van der Waals surface area contributed by atoms with Crippen LogP contribution in [0.3, 0.4) is 0 Å². The molecule has 0 radical (unpaired) electrons. The lowest BCUT2D eigenvalue weighted by molar-refractivity contribution is 0.816. The van der Waals surface area contributed by atoms with Gasteiger partial charge in [0.15, 0.2) is 5.96 Å². The molecule has 0 aliphatic carbocycles. The van der Waals surface area contributed by atoms with Gasteiger partial charge in [0, 0.05) is 33.4 Å². The highest BCUT2D eigenvalue weighted by Gasteiger charge is 2.01. The number of guanidine groups is 1. The molecule has 2 rings (SSSR count). The largest absolute Gasteiger partial charge is 0.363 e. The fourth-order valence-electron chi connectivity index (χ4n) is 2.10. The maximum atomic E-state index is 4.65. The molecule has 122 valence electrons. The second-order valence-electron chi connectivity index (χ2n) is 5.45. The molecule has 0 fully saturated rings. The van der Waals surface area contributed by atoms with Crippen LogP contribution in [-0.4, -0.2) is 31.6 Å². The fraction of sp³-hybridized carbons (Fsp3) is 0.333. The Hall–Kier alpha value is -2.56. The lowest BCUT2D eigenvalue weighted by atomic mass is 10.2. The first-order valence-corrected chi connectivity index (χ1v) is 7.87. The lowest BCUT2D eigenvalue weighted by Gasteiger charge is -2.13. The van der Waals surface area contributed by atoms with Gasteiger partial charge >= 0.3 is 0 Å². The summed E-state index contributed by atoms with van der Waals surface area (Å²) in [4.78, 5) is 11.0. The third-order valence-electron chi connectivity index (χ3n) is 3.33. The zero-order valence-corrected chi connectivity index (χ0v) is 14.1. The molecule has 1 aromatic heterocycles. The van der Waals surface area contributed by atoms with Gasteiger partial charge in [0.1, 0.15) is 5.82 Å². The van der Waals surface area contributed by atoms with Gasteiger partial charge in [-0.25, -0.2) is 9.98 Å². The van der Waals surface area contributed by atoms with E-state index in [1.165, 1.54) is 5.56 Å². The molecule has 2 aromatic rings. The van der Waals surface area contributed by atoms with Crippen LogP contribution in [0.15, 0.2) is 53.7 Å². The maximum Gasteiger partial charge on any atom is 0.191 e. The van der Waals surface area contributed by atoms with Crippen molar-refractivity contribution in [2.75, 3.05) is 25.5 Å². The van der Waals surface area contributed by atoms with Crippen LogP contribution in [0.25, 0.3) is 0 Å². The summed E-state index contributed by atoms with van der Waals surface area (Å²) in [5, 5.41) is 6.63. The van der Waals surface area contributed by atoms with Crippen molar-refractivity contribution in [2.24, 2.45) is 4.99 Å². The average Bonchev–Trinajstić information content (AvgIpc) is 2.58. The molecule has 0 aliphatic rings. The number of pyridine rings is 1. The minimum Gasteiger partial charge on any atom is -0.363 e. The van der Waals surface area contributed by atoms with Crippen molar-refractivity contribution in [3.05, 3.63) is 59.8 Å². The molecule has 0 unspecified atom stereocenters. The Morgan fingerprint density at radius 3 is 2.57 bits per heavy atom. The first-order valence-electron chi connectivity index (χ1n) is 7.87. The van der Waals surface area contributed by atoms with Crippen LogP contribution in [0.1, 0.15) is 18.1 Å². The minimum absolute atomic E-state index is 0.619. The van der Waals surface area contributed by atoms with E-state index in [0.29, 0.717) is 6.54 Å². The molecular weight excluding hydrogens is 286 g/mol. The van der Waals surface area contributed by atoms with Crippen LogP contribution in [0.4, 0.5) is 5.82 Å². The van der Waals surface area contributed by atoms with Crippen LogP contribution in [0, 0.1) is 0 Å². The molecule has 0 saturated carbocycles. The van der Waals surface area contributed by atoms with Crippen molar-refractivity contribution < 1.29 is 0 Å². The van der Waals surface area contributed by atoms with E-state index < -0.39 is 0 Å². The van der Waals surface area contributed by atoms with Crippen molar-refractivity contribution in [3.8, 4) is 0 Å². The molecule has 0 spiro atoms. The van der Waals surface area contributed by atoms with Crippen LogP contribution in [0.5, 0.6) is 0 Å². The second-order valence-corrected chi connectivity index (χ2v) is 5.45. The lowest BCUT2D eigenvalue weighted by Crippen LogP contribution is -2.36. The highest BCUT2D eigenvalue weighted by atomic mass is 15.2. The van der Waals surface area contributed by atoms with Crippen molar-refractivity contribution in [3.63, 3.8) is 0 Å². The predicted molar refractivity (Wildman–Crippen MR) is 96.7 cm³/mol. The monoisotopic (exact) mass is 311 g/mol. The number of nitrogens with one attached hydrogen (secondary N) is 2. The van der Waals surface area contributed by atoms with Gasteiger partial charge in [-0.1, -0.05) is 30.3 Å². The third kappa shape index (κ3) is 5.62. The number of aliphatic imine (C=N–C) groups is 1. The van der Waals surface area contributed by atoms with Gasteiger partial charge in [0.05, 0.1) is 6.54 Å². The van der Waals surface area contributed by atoms with E-state index in [4.69, 9.17) is 0 Å². The minimum atomic E-state index is 0.619. The molecule has 0 aliphatic heterocycles. The number of aromatic nitrogens is 1. The van der Waals surface area contributed by atoms with E-state index in [0.717, 1.165) is 30.4 Å². The van der Waals surface area contributed by atoms with Gasteiger partial charge in [-0.2, -0.15) is 0 Å². The smallest absolute Gasteiger partial charge is 0.191 e. The molecule has 0 bridgehead atoms. The first-order chi connectivity index (χ1) is 11.2. The molecule has 0 amide bonds. The van der Waals surface area contributed by atoms with Gasteiger partial charge in [-0.05, 0) is 30.2 Å². The second kappa shape index (κ2) is 8.78. The van der Waals surface area contributed by atoms with E-state index in [-0.39, 0.29) is 0 Å². The van der Waals surface area contributed by atoms with E-state index in [1.807, 2.05) is 49.5 Å². The Labute approximate surface area is 138 Å². The van der Waals surface area contributed by atoms with E-state index in [9.17, 15) is 0 Å².